The van der Waals surface area contributed by atoms with Crippen LogP contribution in [0.15, 0.2) is 48.9 Å². The Morgan fingerprint density at radius 3 is 2.64 bits per heavy atom. The summed E-state index contributed by atoms with van der Waals surface area (Å²) in [6, 6.07) is 9.31. The Bertz CT molecular complexity index is 1060. The summed E-state index contributed by atoms with van der Waals surface area (Å²) in [7, 11) is 0. The average Bonchev–Trinajstić information content (AvgIpc) is 2.87. The van der Waals surface area contributed by atoms with E-state index in [0.717, 1.165) is 76.1 Å². The van der Waals surface area contributed by atoms with Crippen molar-refractivity contribution < 1.29 is 9.47 Å². The third-order valence-corrected chi connectivity index (χ3v) is 6.24. The van der Waals surface area contributed by atoms with Gasteiger partial charge in [-0.1, -0.05) is 11.6 Å². The Labute approximate surface area is 198 Å². The van der Waals surface area contributed by atoms with Crippen molar-refractivity contribution in [1.29, 1.82) is 0 Å². The van der Waals surface area contributed by atoms with Crippen LogP contribution in [0, 0.1) is 0 Å². The number of piperidine rings is 1. The number of hydrogen-bond donors (Lipinski definition) is 0. The minimum Gasteiger partial charge on any atom is -0.437 e. The van der Waals surface area contributed by atoms with Crippen LogP contribution in [-0.4, -0.2) is 64.2 Å². The maximum absolute atomic E-state index is 6.07. The van der Waals surface area contributed by atoms with Crippen molar-refractivity contribution in [2.75, 3.05) is 44.3 Å². The van der Waals surface area contributed by atoms with Gasteiger partial charge in [0.25, 0.3) is 0 Å². The highest BCUT2D eigenvalue weighted by atomic mass is 35.5. The summed E-state index contributed by atoms with van der Waals surface area (Å²) in [5, 5.41) is 0.672. The Morgan fingerprint density at radius 1 is 0.970 bits per heavy atom. The number of halogens is 1. The van der Waals surface area contributed by atoms with Crippen LogP contribution in [0.1, 0.15) is 30.1 Å². The molecule has 1 atom stereocenters. The van der Waals surface area contributed by atoms with Crippen LogP contribution in [0.2, 0.25) is 5.02 Å². The molecule has 0 N–H and O–H groups in total. The molecule has 2 aliphatic rings. The first kappa shape index (κ1) is 22.0. The maximum Gasteiger partial charge on any atom is 0.241 e. The SMILES string of the molecule is Clc1ccc(Oc2nccnc2[C@H]2CCCN(Cc3ccnc(N4CCOCC4)n3)C2)cc1. The molecule has 0 bridgehead atoms. The highest BCUT2D eigenvalue weighted by molar-refractivity contribution is 6.30. The molecule has 8 nitrogen and oxygen atoms in total. The third-order valence-electron chi connectivity index (χ3n) is 5.99. The summed E-state index contributed by atoms with van der Waals surface area (Å²) in [5.41, 5.74) is 1.93. The van der Waals surface area contributed by atoms with Crippen LogP contribution in [0.3, 0.4) is 0 Å². The molecule has 5 rings (SSSR count). The smallest absolute Gasteiger partial charge is 0.241 e. The van der Waals surface area contributed by atoms with Gasteiger partial charge in [0.15, 0.2) is 0 Å². The largest absolute Gasteiger partial charge is 0.437 e. The van der Waals surface area contributed by atoms with Gasteiger partial charge in [0.05, 0.1) is 18.9 Å². The Morgan fingerprint density at radius 2 is 1.79 bits per heavy atom. The lowest BCUT2D eigenvalue weighted by Crippen LogP contribution is -2.38. The first-order valence-corrected chi connectivity index (χ1v) is 11.7. The molecule has 0 amide bonds. The molecule has 3 aromatic rings. The molecular formula is C24H27ClN6O2. The van der Waals surface area contributed by atoms with E-state index in [1.807, 2.05) is 36.5 Å². The fraction of sp³-hybridized carbons (Fsp3) is 0.417. The zero-order valence-corrected chi connectivity index (χ0v) is 19.2. The molecule has 4 heterocycles. The summed E-state index contributed by atoms with van der Waals surface area (Å²) in [4.78, 5) is 23.0. The van der Waals surface area contributed by atoms with E-state index in [-0.39, 0.29) is 5.92 Å². The summed E-state index contributed by atoms with van der Waals surface area (Å²) < 4.78 is 11.5. The van der Waals surface area contributed by atoms with Crippen molar-refractivity contribution in [3.05, 3.63) is 65.3 Å². The van der Waals surface area contributed by atoms with Crippen molar-refractivity contribution in [3.63, 3.8) is 0 Å². The van der Waals surface area contributed by atoms with Gasteiger partial charge in [-0.15, -0.1) is 0 Å². The molecule has 0 spiro atoms. The van der Waals surface area contributed by atoms with Crippen molar-refractivity contribution in [2.45, 2.75) is 25.3 Å². The molecule has 0 saturated carbocycles. The van der Waals surface area contributed by atoms with Crippen molar-refractivity contribution in [3.8, 4) is 11.6 Å². The molecule has 2 fully saturated rings. The maximum atomic E-state index is 6.07. The number of ether oxygens (including phenoxy) is 2. The second-order valence-corrected chi connectivity index (χ2v) is 8.76. The molecule has 0 unspecified atom stereocenters. The quantitative estimate of drug-likeness (QED) is 0.541. The summed E-state index contributed by atoms with van der Waals surface area (Å²) in [5.74, 6) is 2.29. The summed E-state index contributed by atoms with van der Waals surface area (Å²) >= 11 is 6.00. The lowest BCUT2D eigenvalue weighted by Gasteiger charge is -2.32. The predicted octanol–water partition coefficient (Wildman–Crippen LogP) is 3.93. The molecule has 2 aliphatic heterocycles. The standard InChI is InChI=1S/C24H27ClN6O2/c25-19-3-5-21(6-4-19)33-23-22(26-9-10-27-23)18-2-1-11-30(16-18)17-20-7-8-28-24(29-20)31-12-14-32-15-13-31/h3-10,18H,1-2,11-17H2/t18-/m0/s1. The van der Waals surface area contributed by atoms with Gasteiger partial charge >= 0.3 is 0 Å². The molecule has 1 aromatic carbocycles. The van der Waals surface area contributed by atoms with Gasteiger partial charge in [-0.2, -0.15) is 0 Å². The molecule has 2 saturated heterocycles. The van der Waals surface area contributed by atoms with Crippen LogP contribution >= 0.6 is 11.6 Å². The molecular weight excluding hydrogens is 440 g/mol. The van der Waals surface area contributed by atoms with Crippen LogP contribution in [-0.2, 0) is 11.3 Å². The fourth-order valence-corrected chi connectivity index (χ4v) is 4.47. The monoisotopic (exact) mass is 466 g/mol. The highest BCUT2D eigenvalue weighted by Gasteiger charge is 2.26. The number of hydrogen-bond acceptors (Lipinski definition) is 8. The number of likely N-dealkylation sites (tertiary alicyclic amines) is 1. The minimum absolute atomic E-state index is 0.246. The van der Waals surface area contributed by atoms with E-state index in [9.17, 15) is 0 Å². The Balaban J connectivity index is 1.27. The highest BCUT2D eigenvalue weighted by Crippen LogP contribution is 2.33. The van der Waals surface area contributed by atoms with Gasteiger partial charge in [0.2, 0.25) is 11.8 Å². The topological polar surface area (TPSA) is 76.5 Å². The first-order valence-electron chi connectivity index (χ1n) is 11.4. The zero-order chi connectivity index (χ0) is 22.5. The van der Waals surface area contributed by atoms with Gasteiger partial charge in [-0.3, -0.25) is 9.88 Å². The molecule has 9 heteroatoms. The molecule has 0 aliphatic carbocycles. The number of morpholine rings is 1. The Kier molecular flexibility index (Phi) is 6.95. The number of nitrogens with zero attached hydrogens (tertiary/aromatic N) is 6. The van der Waals surface area contributed by atoms with E-state index in [2.05, 4.69) is 24.8 Å². The van der Waals surface area contributed by atoms with Crippen molar-refractivity contribution in [1.82, 2.24) is 24.8 Å². The number of aromatic nitrogens is 4. The van der Waals surface area contributed by atoms with Crippen LogP contribution in [0.4, 0.5) is 5.95 Å². The average molecular weight is 467 g/mol. The van der Waals surface area contributed by atoms with Gasteiger partial charge in [-0.05, 0) is 49.7 Å². The molecule has 172 valence electrons. The van der Waals surface area contributed by atoms with E-state index in [1.54, 1.807) is 12.4 Å². The zero-order valence-electron chi connectivity index (χ0n) is 18.4. The molecule has 33 heavy (non-hydrogen) atoms. The normalized spacial score (nSPS) is 19.4. The minimum atomic E-state index is 0.246. The van der Waals surface area contributed by atoms with Crippen molar-refractivity contribution >= 4 is 17.5 Å². The van der Waals surface area contributed by atoms with E-state index in [1.165, 1.54) is 0 Å². The number of rotatable bonds is 6. The second kappa shape index (κ2) is 10.4. The van der Waals surface area contributed by atoms with Gasteiger partial charge < -0.3 is 14.4 Å². The second-order valence-electron chi connectivity index (χ2n) is 8.32. The lowest BCUT2D eigenvalue weighted by atomic mass is 9.94. The Hall–Kier alpha value is -2.81. The predicted molar refractivity (Wildman–Crippen MR) is 126 cm³/mol. The summed E-state index contributed by atoms with van der Waals surface area (Å²) in [6.07, 6.45) is 7.40. The lowest BCUT2D eigenvalue weighted by molar-refractivity contribution is 0.122. The first-order chi connectivity index (χ1) is 16.2. The molecule has 0 radical (unpaired) electrons. The van der Waals surface area contributed by atoms with E-state index in [4.69, 9.17) is 26.1 Å². The number of benzene rings is 1. The summed E-state index contributed by atoms with van der Waals surface area (Å²) in [6.45, 7) is 5.80. The van der Waals surface area contributed by atoms with Crippen LogP contribution < -0.4 is 9.64 Å². The number of anilines is 1. The van der Waals surface area contributed by atoms with E-state index < -0.39 is 0 Å². The van der Waals surface area contributed by atoms with E-state index in [0.29, 0.717) is 16.7 Å². The van der Waals surface area contributed by atoms with Crippen LogP contribution in [0.25, 0.3) is 0 Å². The van der Waals surface area contributed by atoms with Gasteiger partial charge in [0.1, 0.15) is 11.4 Å². The fourth-order valence-electron chi connectivity index (χ4n) is 4.35. The van der Waals surface area contributed by atoms with Gasteiger partial charge in [-0.25, -0.2) is 15.0 Å². The molecule has 2 aromatic heterocycles. The van der Waals surface area contributed by atoms with Gasteiger partial charge in [0, 0.05) is 55.7 Å². The third kappa shape index (κ3) is 5.58. The van der Waals surface area contributed by atoms with Crippen LogP contribution in [0.5, 0.6) is 11.6 Å². The van der Waals surface area contributed by atoms with E-state index >= 15 is 0 Å². The van der Waals surface area contributed by atoms with Crippen molar-refractivity contribution in [2.24, 2.45) is 0 Å².